The van der Waals surface area contributed by atoms with Gasteiger partial charge in [0, 0.05) is 44.8 Å². The number of piperazine rings is 1. The largest absolute Gasteiger partial charge is 0.337 e. The minimum Gasteiger partial charge on any atom is -0.337 e. The van der Waals surface area contributed by atoms with Gasteiger partial charge in [0.05, 0.1) is 6.54 Å². The molecule has 0 spiro atoms. The molecule has 1 fully saturated rings. The molecule has 2 amide bonds. The van der Waals surface area contributed by atoms with E-state index in [-0.39, 0.29) is 11.8 Å². The molecule has 152 valence electrons. The van der Waals surface area contributed by atoms with E-state index in [2.05, 4.69) is 30.0 Å². The van der Waals surface area contributed by atoms with Crippen LogP contribution >= 0.6 is 0 Å². The van der Waals surface area contributed by atoms with Crippen molar-refractivity contribution in [2.45, 2.75) is 26.3 Å². The SMILES string of the molecule is CCc1ccc(C(=O)N2CCN(CC(=O)N3CCc4ccccc4C3)CC2)cc1. The van der Waals surface area contributed by atoms with Gasteiger partial charge in [-0.05, 0) is 41.7 Å². The average Bonchev–Trinajstić information content (AvgIpc) is 2.79. The Hall–Kier alpha value is -2.66. The molecule has 2 aliphatic heterocycles. The summed E-state index contributed by atoms with van der Waals surface area (Å²) in [5.74, 6) is 0.278. The van der Waals surface area contributed by atoms with Gasteiger partial charge in [0.15, 0.2) is 0 Å². The second-order valence-electron chi connectivity index (χ2n) is 7.95. The van der Waals surface area contributed by atoms with Gasteiger partial charge in [0.1, 0.15) is 0 Å². The third kappa shape index (κ3) is 4.51. The zero-order valence-corrected chi connectivity index (χ0v) is 17.1. The van der Waals surface area contributed by atoms with Crippen LogP contribution in [0.25, 0.3) is 0 Å². The normalized spacial score (nSPS) is 17.1. The van der Waals surface area contributed by atoms with Crippen molar-refractivity contribution in [3.63, 3.8) is 0 Å². The maximum absolute atomic E-state index is 12.8. The van der Waals surface area contributed by atoms with E-state index in [0.29, 0.717) is 26.2 Å². The number of rotatable bonds is 4. The topological polar surface area (TPSA) is 43.9 Å². The van der Waals surface area contributed by atoms with Crippen LogP contribution in [0.2, 0.25) is 0 Å². The second kappa shape index (κ2) is 8.78. The molecule has 29 heavy (non-hydrogen) atoms. The van der Waals surface area contributed by atoms with Crippen molar-refractivity contribution in [2.75, 3.05) is 39.3 Å². The van der Waals surface area contributed by atoms with Crippen LogP contribution in [0.3, 0.4) is 0 Å². The first kappa shape index (κ1) is 19.6. The highest BCUT2D eigenvalue weighted by Gasteiger charge is 2.26. The highest BCUT2D eigenvalue weighted by atomic mass is 16.2. The first-order valence-electron chi connectivity index (χ1n) is 10.6. The molecule has 2 heterocycles. The van der Waals surface area contributed by atoms with Gasteiger partial charge >= 0.3 is 0 Å². The monoisotopic (exact) mass is 391 g/mol. The summed E-state index contributed by atoms with van der Waals surface area (Å²) in [5.41, 5.74) is 4.61. The maximum Gasteiger partial charge on any atom is 0.253 e. The van der Waals surface area contributed by atoms with Crippen LogP contribution in [0.1, 0.15) is 34.0 Å². The summed E-state index contributed by atoms with van der Waals surface area (Å²) in [4.78, 5) is 31.5. The predicted molar refractivity (Wildman–Crippen MR) is 114 cm³/mol. The van der Waals surface area contributed by atoms with Gasteiger partial charge < -0.3 is 9.80 Å². The van der Waals surface area contributed by atoms with E-state index in [1.54, 1.807) is 0 Å². The van der Waals surface area contributed by atoms with Crippen molar-refractivity contribution in [1.29, 1.82) is 0 Å². The molecule has 2 aliphatic rings. The van der Waals surface area contributed by atoms with Crippen molar-refractivity contribution < 1.29 is 9.59 Å². The van der Waals surface area contributed by atoms with E-state index in [4.69, 9.17) is 0 Å². The molecule has 4 rings (SSSR count). The third-order valence-corrected chi connectivity index (χ3v) is 6.11. The zero-order valence-electron chi connectivity index (χ0n) is 17.1. The fourth-order valence-electron chi connectivity index (χ4n) is 4.17. The van der Waals surface area contributed by atoms with Crippen molar-refractivity contribution in [1.82, 2.24) is 14.7 Å². The molecule has 5 nitrogen and oxygen atoms in total. The van der Waals surface area contributed by atoms with Crippen LogP contribution in [0, 0.1) is 0 Å². The average molecular weight is 392 g/mol. The van der Waals surface area contributed by atoms with E-state index in [1.807, 2.05) is 40.1 Å². The number of fused-ring (bicyclic) bond motifs is 1. The Kier molecular flexibility index (Phi) is 5.95. The molecule has 0 saturated carbocycles. The number of carbonyl (C=O) groups excluding carboxylic acids is 2. The minimum atomic E-state index is 0.0891. The van der Waals surface area contributed by atoms with E-state index < -0.39 is 0 Å². The molecular weight excluding hydrogens is 362 g/mol. The number of hydrogen-bond donors (Lipinski definition) is 0. The Morgan fingerprint density at radius 1 is 0.828 bits per heavy atom. The molecule has 0 bridgehead atoms. The Morgan fingerprint density at radius 3 is 2.21 bits per heavy atom. The molecule has 0 aliphatic carbocycles. The summed E-state index contributed by atoms with van der Waals surface area (Å²) in [7, 11) is 0. The summed E-state index contributed by atoms with van der Waals surface area (Å²) >= 11 is 0. The molecule has 0 radical (unpaired) electrons. The molecule has 0 N–H and O–H groups in total. The molecule has 2 aromatic carbocycles. The summed E-state index contributed by atoms with van der Waals surface area (Å²) < 4.78 is 0. The molecular formula is C24H29N3O2. The van der Waals surface area contributed by atoms with Gasteiger partial charge in [-0.2, -0.15) is 0 Å². The number of aryl methyl sites for hydroxylation is 1. The van der Waals surface area contributed by atoms with Gasteiger partial charge in [-0.25, -0.2) is 0 Å². The summed E-state index contributed by atoms with van der Waals surface area (Å²) in [6.45, 7) is 6.89. The molecule has 0 aromatic heterocycles. The van der Waals surface area contributed by atoms with Crippen LogP contribution in [-0.2, 0) is 24.2 Å². The lowest BCUT2D eigenvalue weighted by molar-refractivity contribution is -0.133. The Labute approximate surface area is 172 Å². The van der Waals surface area contributed by atoms with Crippen LogP contribution in [0.15, 0.2) is 48.5 Å². The van der Waals surface area contributed by atoms with E-state index in [9.17, 15) is 9.59 Å². The van der Waals surface area contributed by atoms with Crippen LogP contribution in [0.4, 0.5) is 0 Å². The second-order valence-corrected chi connectivity index (χ2v) is 7.95. The zero-order chi connectivity index (χ0) is 20.2. The minimum absolute atomic E-state index is 0.0891. The molecule has 0 unspecified atom stereocenters. The number of hydrogen-bond acceptors (Lipinski definition) is 3. The standard InChI is InChI=1S/C24H29N3O2/c1-2-19-7-9-21(10-8-19)24(29)26-15-13-25(14-16-26)18-23(28)27-12-11-20-5-3-4-6-22(20)17-27/h3-10H,2,11-18H2,1H3. The lowest BCUT2D eigenvalue weighted by atomic mass is 10.00. The molecule has 1 saturated heterocycles. The summed E-state index contributed by atoms with van der Waals surface area (Å²) in [5, 5.41) is 0. The number of nitrogens with zero attached hydrogens (tertiary/aromatic N) is 3. The summed E-state index contributed by atoms with van der Waals surface area (Å²) in [6.07, 6.45) is 1.91. The van der Waals surface area contributed by atoms with Gasteiger partial charge in [0.25, 0.3) is 5.91 Å². The lowest BCUT2D eigenvalue weighted by Crippen LogP contribution is -2.52. The van der Waals surface area contributed by atoms with E-state index in [0.717, 1.165) is 38.0 Å². The fourth-order valence-corrected chi connectivity index (χ4v) is 4.17. The molecule has 0 atom stereocenters. The highest BCUT2D eigenvalue weighted by Crippen LogP contribution is 2.19. The Balaban J connectivity index is 1.27. The van der Waals surface area contributed by atoms with Crippen LogP contribution < -0.4 is 0 Å². The summed E-state index contributed by atoms with van der Waals surface area (Å²) in [6, 6.07) is 16.3. The van der Waals surface area contributed by atoms with Crippen LogP contribution in [-0.4, -0.2) is 65.8 Å². The molecule has 2 aromatic rings. The third-order valence-electron chi connectivity index (χ3n) is 6.11. The van der Waals surface area contributed by atoms with Crippen molar-refractivity contribution in [3.8, 4) is 0 Å². The van der Waals surface area contributed by atoms with Gasteiger partial charge in [-0.1, -0.05) is 43.3 Å². The van der Waals surface area contributed by atoms with Crippen molar-refractivity contribution in [2.24, 2.45) is 0 Å². The lowest BCUT2D eigenvalue weighted by Gasteiger charge is -2.36. The van der Waals surface area contributed by atoms with Gasteiger partial charge in [-0.3, -0.25) is 14.5 Å². The highest BCUT2D eigenvalue weighted by molar-refractivity contribution is 5.94. The van der Waals surface area contributed by atoms with Crippen molar-refractivity contribution in [3.05, 3.63) is 70.8 Å². The van der Waals surface area contributed by atoms with Gasteiger partial charge in [-0.15, -0.1) is 0 Å². The fraction of sp³-hybridized carbons (Fsp3) is 0.417. The Morgan fingerprint density at radius 2 is 1.52 bits per heavy atom. The van der Waals surface area contributed by atoms with Gasteiger partial charge in [0.2, 0.25) is 5.91 Å². The van der Waals surface area contributed by atoms with Crippen LogP contribution in [0.5, 0.6) is 0 Å². The predicted octanol–water partition coefficient (Wildman–Crippen LogP) is 2.59. The van der Waals surface area contributed by atoms with E-state index in [1.165, 1.54) is 16.7 Å². The maximum atomic E-state index is 12.8. The first-order chi connectivity index (χ1) is 14.1. The number of carbonyl (C=O) groups is 2. The number of benzene rings is 2. The number of amides is 2. The smallest absolute Gasteiger partial charge is 0.253 e. The first-order valence-corrected chi connectivity index (χ1v) is 10.6. The van der Waals surface area contributed by atoms with E-state index >= 15 is 0 Å². The Bertz CT molecular complexity index is 870. The quantitative estimate of drug-likeness (QED) is 0.805. The molecule has 5 heteroatoms. The van der Waals surface area contributed by atoms with Crippen molar-refractivity contribution >= 4 is 11.8 Å².